The molecule has 0 aromatic heterocycles. The molecular weight excluding hydrogens is 162 g/mol. The molecule has 0 aromatic carbocycles. The van der Waals surface area contributed by atoms with Crippen LogP contribution in [-0.2, 0) is 0 Å². The summed E-state index contributed by atoms with van der Waals surface area (Å²) >= 11 is 0. The zero-order chi connectivity index (χ0) is 9.26. The number of nitrogens with one attached hydrogen (secondary N) is 1. The minimum Gasteiger partial charge on any atom is -0.302 e. The zero-order valence-electron chi connectivity index (χ0n) is 8.79. The van der Waals surface area contributed by atoms with Crippen LogP contribution in [0, 0.1) is 0 Å². The number of piperazine rings is 1. The van der Waals surface area contributed by atoms with Gasteiger partial charge in [0.05, 0.1) is 6.17 Å². The first-order chi connectivity index (χ1) is 6.27. The second kappa shape index (κ2) is 3.95. The number of hydrogen-bond acceptors (Lipinski definition) is 3. The normalized spacial score (nSPS) is 38.3. The molecule has 3 heteroatoms. The number of nitrogens with zero attached hydrogens (tertiary/aromatic N) is 2. The lowest BCUT2D eigenvalue weighted by Gasteiger charge is -2.40. The SMILES string of the molecule is CC1CN(C2CCCN2)CCN1C. The first-order valence-corrected chi connectivity index (χ1v) is 5.45. The van der Waals surface area contributed by atoms with Gasteiger partial charge in [-0.25, -0.2) is 0 Å². The first-order valence-electron chi connectivity index (χ1n) is 5.45. The number of likely N-dealkylation sites (N-methyl/N-ethyl adjacent to an activating group) is 1. The smallest absolute Gasteiger partial charge is 0.0598 e. The molecule has 2 heterocycles. The van der Waals surface area contributed by atoms with E-state index in [2.05, 4.69) is 29.1 Å². The summed E-state index contributed by atoms with van der Waals surface area (Å²) in [6, 6.07) is 0.719. The van der Waals surface area contributed by atoms with Crippen molar-refractivity contribution in [1.29, 1.82) is 0 Å². The third kappa shape index (κ3) is 2.03. The van der Waals surface area contributed by atoms with E-state index in [9.17, 15) is 0 Å². The lowest BCUT2D eigenvalue weighted by molar-refractivity contribution is 0.0664. The summed E-state index contributed by atoms with van der Waals surface area (Å²) in [6.45, 7) is 7.22. The lowest BCUT2D eigenvalue weighted by atomic mass is 10.2. The van der Waals surface area contributed by atoms with E-state index in [-0.39, 0.29) is 0 Å². The summed E-state index contributed by atoms with van der Waals surface area (Å²) in [4.78, 5) is 5.06. The molecule has 0 radical (unpaired) electrons. The van der Waals surface area contributed by atoms with Crippen LogP contribution in [0.1, 0.15) is 19.8 Å². The van der Waals surface area contributed by atoms with Crippen LogP contribution in [0.15, 0.2) is 0 Å². The number of rotatable bonds is 1. The Labute approximate surface area is 81.1 Å². The second-order valence-corrected chi connectivity index (χ2v) is 4.44. The fourth-order valence-electron chi connectivity index (χ4n) is 2.34. The van der Waals surface area contributed by atoms with Gasteiger partial charge in [-0.05, 0) is 33.4 Å². The highest BCUT2D eigenvalue weighted by molar-refractivity contribution is 4.83. The molecule has 0 aromatic rings. The highest BCUT2D eigenvalue weighted by atomic mass is 15.3. The van der Waals surface area contributed by atoms with E-state index in [0.29, 0.717) is 6.17 Å². The Morgan fingerprint density at radius 1 is 1.31 bits per heavy atom. The van der Waals surface area contributed by atoms with Crippen molar-refractivity contribution < 1.29 is 0 Å². The standard InChI is InChI=1S/C10H21N3/c1-9-8-13(7-6-12(9)2)10-4-3-5-11-10/h9-11H,3-8H2,1-2H3. The van der Waals surface area contributed by atoms with Gasteiger partial charge in [-0.15, -0.1) is 0 Å². The molecule has 0 saturated carbocycles. The molecule has 2 saturated heterocycles. The van der Waals surface area contributed by atoms with Gasteiger partial charge in [0.25, 0.3) is 0 Å². The predicted octanol–water partition coefficient (Wildman–Crippen LogP) is 0.332. The van der Waals surface area contributed by atoms with Crippen molar-refractivity contribution in [3.8, 4) is 0 Å². The molecule has 2 aliphatic heterocycles. The molecule has 0 bridgehead atoms. The van der Waals surface area contributed by atoms with E-state index < -0.39 is 0 Å². The van der Waals surface area contributed by atoms with E-state index in [1.165, 1.54) is 39.0 Å². The molecule has 76 valence electrons. The quantitative estimate of drug-likeness (QED) is 0.632. The summed E-state index contributed by atoms with van der Waals surface area (Å²) in [5.74, 6) is 0. The highest BCUT2D eigenvalue weighted by Gasteiger charge is 2.27. The predicted molar refractivity (Wildman–Crippen MR) is 54.7 cm³/mol. The van der Waals surface area contributed by atoms with Gasteiger partial charge in [0.15, 0.2) is 0 Å². The number of hydrogen-bond donors (Lipinski definition) is 1. The van der Waals surface area contributed by atoms with Crippen molar-refractivity contribution in [3.05, 3.63) is 0 Å². The summed E-state index contributed by atoms with van der Waals surface area (Å²) in [7, 11) is 2.23. The molecule has 2 atom stereocenters. The third-order valence-electron chi connectivity index (χ3n) is 3.47. The fourth-order valence-corrected chi connectivity index (χ4v) is 2.34. The monoisotopic (exact) mass is 183 g/mol. The maximum absolute atomic E-state index is 3.57. The second-order valence-electron chi connectivity index (χ2n) is 4.44. The van der Waals surface area contributed by atoms with Crippen LogP contribution in [0.4, 0.5) is 0 Å². The third-order valence-corrected chi connectivity index (χ3v) is 3.47. The molecule has 2 fully saturated rings. The van der Waals surface area contributed by atoms with Crippen molar-refractivity contribution in [2.75, 3.05) is 33.2 Å². The van der Waals surface area contributed by atoms with Gasteiger partial charge in [0.2, 0.25) is 0 Å². The van der Waals surface area contributed by atoms with Crippen LogP contribution in [0.3, 0.4) is 0 Å². The molecule has 2 rings (SSSR count). The Morgan fingerprint density at radius 3 is 2.77 bits per heavy atom. The maximum Gasteiger partial charge on any atom is 0.0598 e. The van der Waals surface area contributed by atoms with Crippen LogP contribution in [0.5, 0.6) is 0 Å². The van der Waals surface area contributed by atoms with Crippen LogP contribution < -0.4 is 5.32 Å². The maximum atomic E-state index is 3.57. The van der Waals surface area contributed by atoms with Crippen molar-refractivity contribution in [2.24, 2.45) is 0 Å². The molecule has 3 nitrogen and oxygen atoms in total. The van der Waals surface area contributed by atoms with Crippen molar-refractivity contribution in [2.45, 2.75) is 32.0 Å². The molecule has 0 spiro atoms. The minimum absolute atomic E-state index is 0.677. The molecule has 13 heavy (non-hydrogen) atoms. The van der Waals surface area contributed by atoms with Crippen LogP contribution >= 0.6 is 0 Å². The molecule has 1 N–H and O–H groups in total. The van der Waals surface area contributed by atoms with Gasteiger partial charge >= 0.3 is 0 Å². The van der Waals surface area contributed by atoms with E-state index in [0.717, 1.165) is 6.04 Å². The van der Waals surface area contributed by atoms with Gasteiger partial charge in [-0.1, -0.05) is 0 Å². The summed E-state index contributed by atoms with van der Waals surface area (Å²) in [6.07, 6.45) is 3.37. The Balaban J connectivity index is 1.87. The van der Waals surface area contributed by atoms with Gasteiger partial charge in [-0.3, -0.25) is 4.90 Å². The van der Waals surface area contributed by atoms with Crippen molar-refractivity contribution >= 4 is 0 Å². The highest BCUT2D eigenvalue weighted by Crippen LogP contribution is 2.15. The lowest BCUT2D eigenvalue weighted by Crippen LogP contribution is -2.55. The van der Waals surface area contributed by atoms with Gasteiger partial charge < -0.3 is 10.2 Å². The van der Waals surface area contributed by atoms with Gasteiger partial charge in [0, 0.05) is 25.7 Å². The Morgan fingerprint density at radius 2 is 2.15 bits per heavy atom. The largest absolute Gasteiger partial charge is 0.302 e. The Hall–Kier alpha value is -0.120. The molecule has 0 amide bonds. The minimum atomic E-state index is 0.677. The Bertz CT molecular complexity index is 166. The Kier molecular flexibility index (Phi) is 2.86. The van der Waals surface area contributed by atoms with Crippen molar-refractivity contribution in [1.82, 2.24) is 15.1 Å². The van der Waals surface area contributed by atoms with Crippen LogP contribution in [0.25, 0.3) is 0 Å². The van der Waals surface area contributed by atoms with E-state index >= 15 is 0 Å². The van der Waals surface area contributed by atoms with E-state index in [4.69, 9.17) is 0 Å². The van der Waals surface area contributed by atoms with Gasteiger partial charge in [0.1, 0.15) is 0 Å². The molecule has 2 unspecified atom stereocenters. The molecular formula is C10H21N3. The molecule has 2 aliphatic rings. The fraction of sp³-hybridized carbons (Fsp3) is 1.00. The summed E-state index contributed by atoms with van der Waals surface area (Å²) in [5, 5.41) is 3.57. The van der Waals surface area contributed by atoms with Crippen LogP contribution in [0.2, 0.25) is 0 Å². The summed E-state index contributed by atoms with van der Waals surface area (Å²) < 4.78 is 0. The van der Waals surface area contributed by atoms with E-state index in [1.54, 1.807) is 0 Å². The van der Waals surface area contributed by atoms with Gasteiger partial charge in [-0.2, -0.15) is 0 Å². The zero-order valence-corrected chi connectivity index (χ0v) is 8.79. The molecule has 0 aliphatic carbocycles. The summed E-state index contributed by atoms with van der Waals surface area (Å²) in [5.41, 5.74) is 0. The average molecular weight is 183 g/mol. The average Bonchev–Trinajstić information content (AvgIpc) is 2.62. The van der Waals surface area contributed by atoms with E-state index in [1.807, 2.05) is 0 Å². The first kappa shape index (κ1) is 9.44. The van der Waals surface area contributed by atoms with Crippen LogP contribution in [-0.4, -0.2) is 55.2 Å². The van der Waals surface area contributed by atoms with Crippen molar-refractivity contribution in [3.63, 3.8) is 0 Å². The topological polar surface area (TPSA) is 18.5 Å².